The minimum absolute atomic E-state index is 0.0996. The van der Waals surface area contributed by atoms with E-state index >= 15 is 0 Å². The number of nitriles is 1. The maximum absolute atomic E-state index is 7.91. The van der Waals surface area contributed by atoms with Gasteiger partial charge in [-0.05, 0) is 12.1 Å². The summed E-state index contributed by atoms with van der Waals surface area (Å²) in [5, 5.41) is 7.91. The summed E-state index contributed by atoms with van der Waals surface area (Å²) in [7, 11) is 0. The highest BCUT2D eigenvalue weighted by molar-refractivity contribution is 5.20. The highest BCUT2D eigenvalue weighted by Gasteiger charge is 1.90. The van der Waals surface area contributed by atoms with E-state index in [1.165, 1.54) is 6.26 Å². The third-order valence-electron chi connectivity index (χ3n) is 1.11. The van der Waals surface area contributed by atoms with E-state index in [9.17, 15) is 0 Å². The molecule has 4 nitrogen and oxygen atoms in total. The minimum Gasteiger partial charge on any atom is -0.463 e. The minimum atomic E-state index is -0.0996. The van der Waals surface area contributed by atoms with Crippen LogP contribution in [-0.2, 0) is 9.78 Å². The van der Waals surface area contributed by atoms with Crippen molar-refractivity contribution in [2.75, 3.05) is 6.79 Å². The van der Waals surface area contributed by atoms with Gasteiger partial charge in [-0.25, -0.2) is 0 Å². The Labute approximate surface area is 69.8 Å². The molecule has 0 unspecified atom stereocenters. The normalized spacial score (nSPS) is 8.58. The number of ether oxygens (including phenoxy) is 1. The molecule has 62 valence electrons. The Balaban J connectivity index is 2.21. The van der Waals surface area contributed by atoms with Gasteiger partial charge in [-0.3, -0.25) is 4.89 Å². The van der Waals surface area contributed by atoms with Gasteiger partial charge < -0.3 is 4.74 Å². The van der Waals surface area contributed by atoms with E-state index in [0.29, 0.717) is 5.75 Å². The van der Waals surface area contributed by atoms with Crippen molar-refractivity contribution in [2.45, 2.75) is 0 Å². The number of benzene rings is 1. The Hall–Kier alpha value is -1.73. The average molecular weight is 165 g/mol. The molecule has 0 saturated heterocycles. The molecule has 0 amide bonds. The summed E-state index contributed by atoms with van der Waals surface area (Å²) < 4.78 is 5.01. The molecule has 0 atom stereocenters. The first-order valence-corrected chi connectivity index (χ1v) is 3.29. The maximum Gasteiger partial charge on any atom is 0.324 e. The third-order valence-corrected chi connectivity index (χ3v) is 1.11. The molecule has 0 saturated carbocycles. The molecule has 0 bridgehead atoms. The lowest BCUT2D eigenvalue weighted by Gasteiger charge is -2.01. The molecule has 0 aliphatic carbocycles. The summed E-state index contributed by atoms with van der Waals surface area (Å²) in [6.07, 6.45) is 1.35. The molecule has 1 rings (SSSR count). The Morgan fingerprint density at radius 2 is 2.00 bits per heavy atom. The summed E-state index contributed by atoms with van der Waals surface area (Å²) in [5.41, 5.74) is 0. The largest absolute Gasteiger partial charge is 0.463 e. The Morgan fingerprint density at radius 1 is 1.25 bits per heavy atom. The van der Waals surface area contributed by atoms with Gasteiger partial charge >= 0.3 is 6.26 Å². The first-order valence-electron chi connectivity index (χ1n) is 3.29. The fourth-order valence-electron chi connectivity index (χ4n) is 0.659. The van der Waals surface area contributed by atoms with Gasteiger partial charge in [0.2, 0.25) is 6.79 Å². The first kappa shape index (κ1) is 8.37. The van der Waals surface area contributed by atoms with Gasteiger partial charge in [0.25, 0.3) is 0 Å². The van der Waals surface area contributed by atoms with Gasteiger partial charge in [0, 0.05) is 0 Å². The predicted molar refractivity (Wildman–Crippen MR) is 39.7 cm³/mol. The van der Waals surface area contributed by atoms with Crippen molar-refractivity contribution in [1.29, 1.82) is 5.26 Å². The Bertz CT molecular complexity index is 255. The van der Waals surface area contributed by atoms with Gasteiger partial charge in [0.15, 0.2) is 0 Å². The molecule has 12 heavy (non-hydrogen) atoms. The zero-order valence-corrected chi connectivity index (χ0v) is 6.27. The molecule has 0 radical (unpaired) electrons. The van der Waals surface area contributed by atoms with Crippen LogP contribution in [0.5, 0.6) is 5.75 Å². The van der Waals surface area contributed by atoms with Crippen LogP contribution in [0, 0.1) is 11.5 Å². The molecule has 0 spiro atoms. The monoisotopic (exact) mass is 165 g/mol. The second-order valence-corrected chi connectivity index (χ2v) is 1.87. The van der Waals surface area contributed by atoms with Crippen LogP contribution in [0.2, 0.25) is 0 Å². The SMILES string of the molecule is N#COOCOc1ccccc1. The summed E-state index contributed by atoms with van der Waals surface area (Å²) >= 11 is 0. The molecular formula is C8H7NO3. The van der Waals surface area contributed by atoms with Crippen molar-refractivity contribution >= 4 is 0 Å². The lowest BCUT2D eigenvalue weighted by molar-refractivity contribution is -0.274. The maximum atomic E-state index is 7.91. The van der Waals surface area contributed by atoms with E-state index in [0.717, 1.165) is 0 Å². The van der Waals surface area contributed by atoms with E-state index in [2.05, 4.69) is 9.78 Å². The summed E-state index contributed by atoms with van der Waals surface area (Å²) in [6, 6.07) is 9.09. The van der Waals surface area contributed by atoms with Crippen LogP contribution in [0.1, 0.15) is 0 Å². The van der Waals surface area contributed by atoms with Crippen molar-refractivity contribution < 1.29 is 14.5 Å². The van der Waals surface area contributed by atoms with Crippen LogP contribution in [0.15, 0.2) is 30.3 Å². The van der Waals surface area contributed by atoms with Crippen molar-refractivity contribution in [3.8, 4) is 12.0 Å². The fraction of sp³-hybridized carbons (Fsp3) is 0.125. The second-order valence-electron chi connectivity index (χ2n) is 1.87. The molecule has 0 heterocycles. The van der Waals surface area contributed by atoms with Gasteiger partial charge in [-0.2, -0.15) is 0 Å². The van der Waals surface area contributed by atoms with Gasteiger partial charge in [-0.1, -0.05) is 18.2 Å². The van der Waals surface area contributed by atoms with Crippen molar-refractivity contribution in [3.63, 3.8) is 0 Å². The van der Waals surface area contributed by atoms with Crippen molar-refractivity contribution in [2.24, 2.45) is 0 Å². The lowest BCUT2D eigenvalue weighted by atomic mass is 10.3. The van der Waals surface area contributed by atoms with Crippen LogP contribution < -0.4 is 4.74 Å². The first-order chi connectivity index (χ1) is 5.93. The number of para-hydroxylation sites is 1. The van der Waals surface area contributed by atoms with Gasteiger partial charge in [-0.15, -0.1) is 10.1 Å². The smallest absolute Gasteiger partial charge is 0.324 e. The molecule has 0 N–H and O–H groups in total. The number of rotatable bonds is 4. The molecule has 1 aromatic carbocycles. The zero-order valence-electron chi connectivity index (χ0n) is 6.27. The van der Waals surface area contributed by atoms with E-state index in [1.54, 1.807) is 12.1 Å². The molecule has 4 heteroatoms. The molecule has 0 aromatic heterocycles. The van der Waals surface area contributed by atoms with E-state index < -0.39 is 0 Å². The molecule has 0 fully saturated rings. The highest BCUT2D eigenvalue weighted by atomic mass is 17.2. The van der Waals surface area contributed by atoms with E-state index in [-0.39, 0.29) is 6.79 Å². The number of hydrogen-bond donors (Lipinski definition) is 0. The molecular weight excluding hydrogens is 158 g/mol. The summed E-state index contributed by atoms with van der Waals surface area (Å²) in [4.78, 5) is 8.24. The zero-order chi connectivity index (χ0) is 8.65. The average Bonchev–Trinajstić information content (AvgIpc) is 2.14. The van der Waals surface area contributed by atoms with Crippen LogP contribution in [0.3, 0.4) is 0 Å². The molecule has 1 aromatic rings. The molecule has 0 aliphatic rings. The predicted octanol–water partition coefficient (Wildman–Crippen LogP) is 1.45. The number of hydrogen-bond acceptors (Lipinski definition) is 4. The topological polar surface area (TPSA) is 51.5 Å². The van der Waals surface area contributed by atoms with Crippen LogP contribution in [0.4, 0.5) is 0 Å². The van der Waals surface area contributed by atoms with Gasteiger partial charge in [0.05, 0.1) is 0 Å². The van der Waals surface area contributed by atoms with Crippen LogP contribution in [-0.4, -0.2) is 6.79 Å². The van der Waals surface area contributed by atoms with Crippen LogP contribution >= 0.6 is 0 Å². The van der Waals surface area contributed by atoms with E-state index in [1.807, 2.05) is 18.2 Å². The highest BCUT2D eigenvalue weighted by Crippen LogP contribution is 2.07. The summed E-state index contributed by atoms with van der Waals surface area (Å²) in [5.74, 6) is 0.666. The lowest BCUT2D eigenvalue weighted by Crippen LogP contribution is -2.00. The standard InChI is InChI=1S/C8H7NO3/c9-6-11-12-7-10-8-4-2-1-3-5-8/h1-5H,7H2. The fourth-order valence-corrected chi connectivity index (χ4v) is 0.659. The second kappa shape index (κ2) is 4.99. The number of nitrogens with zero attached hydrogens (tertiary/aromatic N) is 1. The summed E-state index contributed by atoms with van der Waals surface area (Å²) in [6.45, 7) is -0.0996. The van der Waals surface area contributed by atoms with Crippen LogP contribution in [0.25, 0.3) is 0 Å². The molecule has 0 aliphatic heterocycles. The Morgan fingerprint density at radius 3 is 2.67 bits per heavy atom. The Kier molecular flexibility index (Phi) is 3.48. The van der Waals surface area contributed by atoms with Crippen molar-refractivity contribution in [3.05, 3.63) is 30.3 Å². The van der Waals surface area contributed by atoms with Gasteiger partial charge in [0.1, 0.15) is 5.75 Å². The van der Waals surface area contributed by atoms with E-state index in [4.69, 9.17) is 10.00 Å². The van der Waals surface area contributed by atoms with Crippen molar-refractivity contribution in [1.82, 2.24) is 0 Å². The quantitative estimate of drug-likeness (QED) is 0.223. The third kappa shape index (κ3) is 2.90.